The first kappa shape index (κ1) is 30.4. The first-order valence-electron chi connectivity index (χ1n) is 13.2. The normalized spacial score (nSPS) is 15.0. The molecule has 1 aliphatic rings. The van der Waals surface area contributed by atoms with Gasteiger partial charge >= 0.3 is 0 Å². The maximum Gasteiger partial charge on any atom is 0.119 e. The summed E-state index contributed by atoms with van der Waals surface area (Å²) in [5.41, 5.74) is 9.68. The van der Waals surface area contributed by atoms with Crippen molar-refractivity contribution in [3.63, 3.8) is 0 Å². The van der Waals surface area contributed by atoms with Gasteiger partial charge in [-0.15, -0.1) is 5.53 Å². The monoisotopic (exact) mass is 515 g/mol. The summed E-state index contributed by atoms with van der Waals surface area (Å²) in [6.45, 7) is 12.9. The number of allylic oxidation sites excluding steroid dienone is 1. The molecule has 0 saturated carbocycles. The van der Waals surface area contributed by atoms with Crippen molar-refractivity contribution in [3.05, 3.63) is 71.1 Å². The number of nitrogens with zero attached hydrogens (tertiary/aromatic N) is 1. The second-order valence-electron chi connectivity index (χ2n) is 9.30. The number of nitrogens with one attached hydrogen (secondary N) is 2. The number of β-amino-alcohol motifs (C(OH)–C–C–N with tert-alkyl or cyclic N) is 1. The maximum absolute atomic E-state index is 10.4. The lowest BCUT2D eigenvalue weighted by Gasteiger charge is -2.27. The lowest BCUT2D eigenvalue weighted by atomic mass is 9.78. The minimum atomic E-state index is -0.739. The van der Waals surface area contributed by atoms with Gasteiger partial charge in [-0.1, -0.05) is 65.8 Å². The fraction of sp³-hybridized carbons (Fsp3) is 0.517. The van der Waals surface area contributed by atoms with Crippen LogP contribution in [0.15, 0.2) is 59.9 Å². The van der Waals surface area contributed by atoms with Gasteiger partial charge < -0.3 is 30.2 Å². The molecule has 0 bridgehead atoms. The number of aliphatic hydroxyl groups excluding tert-OH is 3. The van der Waals surface area contributed by atoms with Crippen molar-refractivity contribution in [2.75, 3.05) is 26.4 Å². The van der Waals surface area contributed by atoms with Gasteiger partial charge in [0.05, 0.1) is 30.6 Å². The van der Waals surface area contributed by atoms with E-state index in [0.717, 1.165) is 34.7 Å². The molecule has 8 nitrogen and oxygen atoms in total. The number of ether oxygens (including phenoxy) is 2. The Kier molecular flexibility index (Phi) is 12.2. The van der Waals surface area contributed by atoms with Gasteiger partial charge in [-0.3, -0.25) is 5.01 Å². The van der Waals surface area contributed by atoms with Crippen LogP contribution in [0.3, 0.4) is 0 Å². The lowest BCUT2D eigenvalue weighted by Crippen LogP contribution is -2.44. The van der Waals surface area contributed by atoms with E-state index >= 15 is 0 Å². The Morgan fingerprint density at radius 1 is 0.838 bits per heavy atom. The Morgan fingerprint density at radius 3 is 1.76 bits per heavy atom. The molecule has 2 unspecified atom stereocenters. The smallest absolute Gasteiger partial charge is 0.119 e. The predicted octanol–water partition coefficient (Wildman–Crippen LogP) is 3.87. The number of hydrogen-bond donors (Lipinski definition) is 5. The van der Waals surface area contributed by atoms with Crippen LogP contribution in [0, 0.1) is 0 Å². The molecule has 0 radical (unpaired) electrons. The van der Waals surface area contributed by atoms with Crippen LogP contribution < -0.4 is 20.4 Å². The summed E-state index contributed by atoms with van der Waals surface area (Å²) in [6.07, 6.45) is 0.233. The van der Waals surface area contributed by atoms with E-state index in [4.69, 9.17) is 9.47 Å². The molecule has 37 heavy (non-hydrogen) atoms. The first-order valence-corrected chi connectivity index (χ1v) is 13.2. The van der Waals surface area contributed by atoms with E-state index in [1.54, 1.807) is 5.01 Å². The molecule has 2 aromatic carbocycles. The van der Waals surface area contributed by atoms with Gasteiger partial charge in [-0.05, 0) is 48.2 Å². The molecule has 0 amide bonds. The average Bonchev–Trinajstić information content (AvgIpc) is 3.33. The lowest BCUT2D eigenvalue weighted by molar-refractivity contribution is 0.0599. The van der Waals surface area contributed by atoms with Crippen molar-refractivity contribution in [2.24, 2.45) is 0 Å². The summed E-state index contributed by atoms with van der Waals surface area (Å²) in [5.74, 6) is 1.42. The van der Waals surface area contributed by atoms with Crippen molar-refractivity contribution in [1.82, 2.24) is 16.0 Å². The van der Waals surface area contributed by atoms with E-state index in [1.165, 1.54) is 0 Å². The van der Waals surface area contributed by atoms with Crippen LogP contribution in [0.5, 0.6) is 11.5 Å². The van der Waals surface area contributed by atoms with E-state index in [1.807, 2.05) is 64.1 Å². The highest BCUT2D eigenvalue weighted by Gasteiger charge is 2.24. The fourth-order valence-electron chi connectivity index (χ4n) is 3.94. The molecule has 8 heteroatoms. The SMILES string of the molecule is CC.CCC1=C(CO)N(CC(O)COc2ccc(C(C)(C)c3ccc(OCC(O)CC)cc3)cc2)NN1. The third-order valence-electron chi connectivity index (χ3n) is 6.42. The number of rotatable bonds is 13. The van der Waals surface area contributed by atoms with E-state index < -0.39 is 12.2 Å². The molecule has 1 heterocycles. The molecule has 1 aliphatic heterocycles. The second kappa shape index (κ2) is 14.8. The summed E-state index contributed by atoms with van der Waals surface area (Å²) in [7, 11) is 0. The van der Waals surface area contributed by atoms with Crippen LogP contribution in [-0.4, -0.2) is 58.9 Å². The Hall–Kier alpha value is -2.78. The van der Waals surface area contributed by atoms with Crippen molar-refractivity contribution >= 4 is 0 Å². The average molecular weight is 516 g/mol. The van der Waals surface area contributed by atoms with Gasteiger partial charge in [0, 0.05) is 5.41 Å². The molecule has 206 valence electrons. The number of hydrazine groups is 2. The summed E-state index contributed by atoms with van der Waals surface area (Å²) in [5, 5.41) is 31.4. The molecule has 0 saturated heterocycles. The van der Waals surface area contributed by atoms with Gasteiger partial charge in [0.1, 0.15) is 30.8 Å². The highest BCUT2D eigenvalue weighted by molar-refractivity contribution is 5.41. The summed E-state index contributed by atoms with van der Waals surface area (Å²) in [4.78, 5) is 0. The number of aliphatic hydroxyl groups is 3. The molecule has 0 fully saturated rings. The molecule has 0 aromatic heterocycles. The minimum absolute atomic E-state index is 0.105. The molecule has 3 rings (SSSR count). The van der Waals surface area contributed by atoms with Crippen LogP contribution in [0.1, 0.15) is 65.5 Å². The van der Waals surface area contributed by atoms with E-state index in [0.29, 0.717) is 18.8 Å². The Morgan fingerprint density at radius 2 is 1.32 bits per heavy atom. The van der Waals surface area contributed by atoms with Crippen molar-refractivity contribution in [1.29, 1.82) is 0 Å². The van der Waals surface area contributed by atoms with Crippen molar-refractivity contribution in [2.45, 2.75) is 72.0 Å². The van der Waals surface area contributed by atoms with E-state index in [2.05, 4.69) is 36.9 Å². The zero-order valence-electron chi connectivity index (χ0n) is 23.1. The maximum atomic E-state index is 10.4. The molecule has 0 spiro atoms. The highest BCUT2D eigenvalue weighted by atomic mass is 16.5. The predicted molar refractivity (Wildman–Crippen MR) is 147 cm³/mol. The summed E-state index contributed by atoms with van der Waals surface area (Å²) < 4.78 is 11.5. The molecule has 2 aromatic rings. The number of benzene rings is 2. The number of hydrogen-bond acceptors (Lipinski definition) is 8. The van der Waals surface area contributed by atoms with Gasteiger partial charge in [-0.2, -0.15) is 0 Å². The van der Waals surface area contributed by atoms with Gasteiger partial charge in [-0.25, -0.2) is 0 Å². The molecular formula is C29H45N3O5. The third-order valence-corrected chi connectivity index (χ3v) is 6.42. The zero-order valence-corrected chi connectivity index (χ0v) is 23.1. The van der Waals surface area contributed by atoms with Crippen LogP contribution >= 0.6 is 0 Å². The molecule has 2 atom stereocenters. The Bertz CT molecular complexity index is 961. The molecular weight excluding hydrogens is 470 g/mol. The summed E-state index contributed by atoms with van der Waals surface area (Å²) in [6, 6.07) is 15.9. The Balaban J connectivity index is 0.00000235. The van der Waals surface area contributed by atoms with Crippen LogP contribution in [0.2, 0.25) is 0 Å². The quantitative estimate of drug-likeness (QED) is 0.274. The highest BCUT2D eigenvalue weighted by Crippen LogP contribution is 2.33. The van der Waals surface area contributed by atoms with Gasteiger partial charge in [0.2, 0.25) is 0 Å². The fourth-order valence-corrected chi connectivity index (χ4v) is 3.94. The van der Waals surface area contributed by atoms with Crippen molar-refractivity contribution in [3.8, 4) is 11.5 Å². The van der Waals surface area contributed by atoms with Gasteiger partial charge in [0.25, 0.3) is 0 Å². The molecule has 5 N–H and O–H groups in total. The zero-order chi connectivity index (χ0) is 27.4. The molecule has 0 aliphatic carbocycles. The third kappa shape index (κ3) is 8.36. The Labute approximate surface area is 221 Å². The minimum Gasteiger partial charge on any atom is -0.491 e. The van der Waals surface area contributed by atoms with Crippen molar-refractivity contribution < 1.29 is 24.8 Å². The standard InChI is InChI=1S/C27H39N3O5.C2H6/c1-5-21(32)17-34-23-11-7-19(8-12-23)27(3,4)20-9-13-24(14-10-20)35-18-22(33)15-30-26(16-31)25(6-2)28-29-30;1-2/h7-14,21-22,28-29,31-33H,5-6,15-18H2,1-4H3;1-2H3. The summed E-state index contributed by atoms with van der Waals surface area (Å²) >= 11 is 0. The van der Waals surface area contributed by atoms with E-state index in [-0.39, 0.29) is 25.2 Å². The van der Waals surface area contributed by atoms with E-state index in [9.17, 15) is 15.3 Å². The topological polar surface area (TPSA) is 106 Å². The first-order chi connectivity index (χ1) is 17.8. The van der Waals surface area contributed by atoms with Crippen LogP contribution in [-0.2, 0) is 5.41 Å². The largest absolute Gasteiger partial charge is 0.491 e. The van der Waals surface area contributed by atoms with Crippen LogP contribution in [0.4, 0.5) is 0 Å². The van der Waals surface area contributed by atoms with Gasteiger partial charge in [0.15, 0.2) is 0 Å². The second-order valence-corrected chi connectivity index (χ2v) is 9.30. The van der Waals surface area contributed by atoms with Crippen LogP contribution in [0.25, 0.3) is 0 Å².